The number of carbonyl (C=O) groups is 2. The maximum Gasteiger partial charge on any atom is 0.237 e. The molecule has 1 aliphatic rings. The number of anilines is 1. The molecule has 0 radical (unpaired) electrons. The van der Waals surface area contributed by atoms with Crippen molar-refractivity contribution in [3.63, 3.8) is 0 Å². The summed E-state index contributed by atoms with van der Waals surface area (Å²) in [6.07, 6.45) is 2.29. The van der Waals surface area contributed by atoms with Gasteiger partial charge in [0.1, 0.15) is 11.6 Å². The first kappa shape index (κ1) is 19.3. The van der Waals surface area contributed by atoms with Gasteiger partial charge >= 0.3 is 0 Å². The number of halogens is 1. The molecule has 1 aliphatic carbocycles. The lowest BCUT2D eigenvalue weighted by molar-refractivity contribution is -0.118. The molecule has 2 aromatic rings. The average Bonchev–Trinajstić information content (AvgIpc) is 3.38. The Morgan fingerprint density at radius 1 is 1.41 bits per heavy atom. The van der Waals surface area contributed by atoms with Crippen LogP contribution in [0.1, 0.15) is 43.5 Å². The van der Waals surface area contributed by atoms with Gasteiger partial charge in [0.25, 0.3) is 0 Å². The zero-order valence-corrected chi connectivity index (χ0v) is 16.1. The highest BCUT2D eigenvalue weighted by atomic mass is 32.2. The molecule has 0 unspecified atom stereocenters. The number of amides is 2. The third-order valence-electron chi connectivity index (χ3n) is 4.36. The molecule has 3 rings (SSSR count). The van der Waals surface area contributed by atoms with E-state index in [1.54, 1.807) is 26.0 Å². The minimum Gasteiger partial charge on any atom is -0.370 e. The van der Waals surface area contributed by atoms with Gasteiger partial charge in [0.2, 0.25) is 11.8 Å². The minimum absolute atomic E-state index is 0.189. The maximum atomic E-state index is 13.6. The molecule has 1 aromatic heterocycles. The Hall–Kier alpha value is -2.42. The molecule has 27 heavy (non-hydrogen) atoms. The van der Waals surface area contributed by atoms with Gasteiger partial charge in [0.05, 0.1) is 5.25 Å². The van der Waals surface area contributed by atoms with E-state index in [1.807, 2.05) is 4.57 Å². The normalized spacial score (nSPS) is 14.8. The molecule has 0 bridgehead atoms. The van der Waals surface area contributed by atoms with E-state index >= 15 is 0 Å². The highest BCUT2D eigenvalue weighted by Gasteiger charge is 2.31. The molecule has 0 spiro atoms. The molecule has 3 N–H and O–H groups in total. The number of hydrogen-bond donors (Lipinski definition) is 2. The van der Waals surface area contributed by atoms with Crippen molar-refractivity contribution in [3.8, 4) is 0 Å². The van der Waals surface area contributed by atoms with Crippen LogP contribution >= 0.6 is 11.8 Å². The van der Waals surface area contributed by atoms with Crippen LogP contribution in [-0.4, -0.2) is 31.8 Å². The fraction of sp³-hybridized carbons (Fsp3) is 0.444. The molecule has 2 amide bonds. The third-order valence-corrected chi connectivity index (χ3v) is 5.44. The van der Waals surface area contributed by atoms with Gasteiger partial charge in [-0.1, -0.05) is 17.8 Å². The number of primary amides is 1. The summed E-state index contributed by atoms with van der Waals surface area (Å²) < 4.78 is 15.5. The van der Waals surface area contributed by atoms with E-state index in [0.717, 1.165) is 18.7 Å². The molecule has 1 fully saturated rings. The van der Waals surface area contributed by atoms with Crippen LogP contribution in [0.5, 0.6) is 0 Å². The number of nitrogens with two attached hydrogens (primary N) is 1. The largest absolute Gasteiger partial charge is 0.370 e. The van der Waals surface area contributed by atoms with Crippen LogP contribution in [0.25, 0.3) is 0 Å². The molecular weight excluding hydrogens is 369 g/mol. The highest BCUT2D eigenvalue weighted by Crippen LogP contribution is 2.40. The molecule has 0 saturated heterocycles. The van der Waals surface area contributed by atoms with Crippen molar-refractivity contribution < 1.29 is 14.0 Å². The van der Waals surface area contributed by atoms with Crippen molar-refractivity contribution in [3.05, 3.63) is 35.4 Å². The van der Waals surface area contributed by atoms with E-state index in [4.69, 9.17) is 5.73 Å². The highest BCUT2D eigenvalue weighted by molar-refractivity contribution is 8.00. The summed E-state index contributed by atoms with van der Waals surface area (Å²) in [4.78, 5) is 23.6. The SMILES string of the molecule is Cc1ccc(NC(=O)[C@H](C)Sc2nnc(C3CC3)n2CCC(N)=O)cc1F. The average molecular weight is 391 g/mol. The zero-order valence-electron chi connectivity index (χ0n) is 15.2. The first-order valence-electron chi connectivity index (χ1n) is 8.80. The van der Waals surface area contributed by atoms with Gasteiger partial charge in [-0.15, -0.1) is 10.2 Å². The van der Waals surface area contributed by atoms with Crippen molar-refractivity contribution in [2.75, 3.05) is 5.32 Å². The maximum absolute atomic E-state index is 13.6. The predicted octanol–water partition coefficient (Wildman–Crippen LogP) is 2.60. The number of nitrogens with zero attached hydrogens (tertiary/aromatic N) is 3. The molecule has 1 aromatic carbocycles. The van der Waals surface area contributed by atoms with Crippen LogP contribution in [0.15, 0.2) is 23.4 Å². The Bertz CT molecular complexity index is 865. The minimum atomic E-state index is -0.474. The summed E-state index contributed by atoms with van der Waals surface area (Å²) in [5.41, 5.74) is 6.19. The van der Waals surface area contributed by atoms with Crippen LogP contribution in [0, 0.1) is 12.7 Å². The lowest BCUT2D eigenvalue weighted by Gasteiger charge is -2.13. The van der Waals surface area contributed by atoms with E-state index in [2.05, 4.69) is 15.5 Å². The Kier molecular flexibility index (Phi) is 5.79. The zero-order chi connectivity index (χ0) is 19.6. The van der Waals surface area contributed by atoms with Gasteiger partial charge in [0.15, 0.2) is 5.16 Å². The third kappa shape index (κ3) is 4.85. The van der Waals surface area contributed by atoms with E-state index in [9.17, 15) is 14.0 Å². The smallest absolute Gasteiger partial charge is 0.237 e. The fourth-order valence-electron chi connectivity index (χ4n) is 2.59. The van der Waals surface area contributed by atoms with E-state index in [1.165, 1.54) is 17.8 Å². The number of aryl methyl sites for hydroxylation is 1. The molecule has 0 aliphatic heterocycles. The van der Waals surface area contributed by atoms with Crippen LogP contribution in [0.2, 0.25) is 0 Å². The summed E-state index contributed by atoms with van der Waals surface area (Å²) in [5, 5.41) is 11.2. The summed E-state index contributed by atoms with van der Waals surface area (Å²) >= 11 is 1.25. The van der Waals surface area contributed by atoms with E-state index < -0.39 is 11.2 Å². The van der Waals surface area contributed by atoms with Crippen LogP contribution in [0.3, 0.4) is 0 Å². The summed E-state index contributed by atoms with van der Waals surface area (Å²) in [6, 6.07) is 4.57. The number of rotatable bonds is 8. The summed E-state index contributed by atoms with van der Waals surface area (Å²) in [7, 11) is 0. The molecule has 1 heterocycles. The van der Waals surface area contributed by atoms with Gasteiger partial charge in [-0.25, -0.2) is 4.39 Å². The number of nitrogens with one attached hydrogen (secondary N) is 1. The van der Waals surface area contributed by atoms with Crippen molar-refractivity contribution in [2.45, 2.75) is 56.0 Å². The van der Waals surface area contributed by atoms with E-state index in [0.29, 0.717) is 28.9 Å². The summed E-state index contributed by atoms with van der Waals surface area (Å²) in [5.74, 6) is 0.175. The Morgan fingerprint density at radius 2 is 2.15 bits per heavy atom. The first-order valence-corrected chi connectivity index (χ1v) is 9.68. The number of benzene rings is 1. The molecule has 1 saturated carbocycles. The van der Waals surface area contributed by atoms with Crippen molar-refractivity contribution in [1.82, 2.24) is 14.8 Å². The Balaban J connectivity index is 1.69. The van der Waals surface area contributed by atoms with Crippen molar-refractivity contribution >= 4 is 29.3 Å². The second-order valence-corrected chi connectivity index (χ2v) is 8.00. The molecule has 9 heteroatoms. The van der Waals surface area contributed by atoms with E-state index in [-0.39, 0.29) is 18.1 Å². The van der Waals surface area contributed by atoms with Crippen LogP contribution in [0.4, 0.5) is 10.1 Å². The van der Waals surface area contributed by atoms with Crippen molar-refractivity contribution in [2.24, 2.45) is 5.73 Å². The summed E-state index contributed by atoms with van der Waals surface area (Å²) in [6.45, 7) is 3.80. The molecule has 7 nitrogen and oxygen atoms in total. The lowest BCUT2D eigenvalue weighted by Crippen LogP contribution is -2.23. The van der Waals surface area contributed by atoms with Gasteiger partial charge < -0.3 is 15.6 Å². The Morgan fingerprint density at radius 3 is 2.78 bits per heavy atom. The molecular formula is C18H22FN5O2S. The number of thioether (sulfide) groups is 1. The van der Waals surface area contributed by atoms with Gasteiger partial charge in [-0.3, -0.25) is 9.59 Å². The number of hydrogen-bond acceptors (Lipinski definition) is 5. The monoisotopic (exact) mass is 391 g/mol. The number of aromatic nitrogens is 3. The fourth-order valence-corrected chi connectivity index (χ4v) is 3.47. The molecule has 144 valence electrons. The van der Waals surface area contributed by atoms with Crippen molar-refractivity contribution in [1.29, 1.82) is 0 Å². The standard InChI is InChI=1S/C18H22FN5O2S/c1-10-3-6-13(9-14(10)19)21-17(26)11(2)27-18-23-22-16(12-4-5-12)24(18)8-7-15(20)25/h3,6,9,11-12H,4-5,7-8H2,1-2H3,(H2,20,25)(H,21,26)/t11-/m0/s1. The number of carbonyl (C=O) groups excluding carboxylic acids is 2. The quantitative estimate of drug-likeness (QED) is 0.673. The molecule has 1 atom stereocenters. The predicted molar refractivity (Wildman–Crippen MR) is 101 cm³/mol. The van der Waals surface area contributed by atoms with Gasteiger partial charge in [0, 0.05) is 24.6 Å². The first-order chi connectivity index (χ1) is 12.8. The van der Waals surface area contributed by atoms with Gasteiger partial charge in [-0.2, -0.15) is 0 Å². The van der Waals surface area contributed by atoms with Crippen LogP contribution < -0.4 is 11.1 Å². The Labute approximate surface area is 160 Å². The lowest BCUT2D eigenvalue weighted by atomic mass is 10.2. The van der Waals surface area contributed by atoms with Crippen LogP contribution in [-0.2, 0) is 16.1 Å². The van der Waals surface area contributed by atoms with Gasteiger partial charge in [-0.05, 0) is 44.4 Å². The second kappa shape index (κ2) is 8.08. The topological polar surface area (TPSA) is 103 Å². The second-order valence-electron chi connectivity index (χ2n) is 6.70.